The Balaban J connectivity index is 1.54. The highest BCUT2D eigenvalue weighted by atomic mass is 35.5. The van der Waals surface area contributed by atoms with Crippen LogP contribution in [0.3, 0.4) is 0 Å². The Morgan fingerprint density at radius 1 is 1.29 bits per heavy atom. The van der Waals surface area contributed by atoms with Crippen molar-refractivity contribution in [2.24, 2.45) is 0 Å². The summed E-state index contributed by atoms with van der Waals surface area (Å²) >= 11 is 6.03. The molecule has 0 saturated heterocycles. The lowest BCUT2D eigenvalue weighted by molar-refractivity contribution is -0.123. The van der Waals surface area contributed by atoms with Crippen molar-refractivity contribution < 1.29 is 4.79 Å². The van der Waals surface area contributed by atoms with Gasteiger partial charge in [0.1, 0.15) is 6.54 Å². The van der Waals surface area contributed by atoms with Crippen LogP contribution < -0.4 is 11.0 Å². The topological polar surface area (TPSA) is 81.3 Å². The van der Waals surface area contributed by atoms with Crippen molar-refractivity contribution in [1.29, 1.82) is 0 Å². The van der Waals surface area contributed by atoms with E-state index in [-0.39, 0.29) is 18.0 Å². The molecule has 1 saturated carbocycles. The van der Waals surface area contributed by atoms with Gasteiger partial charge in [-0.2, -0.15) is 9.61 Å². The van der Waals surface area contributed by atoms with Crippen LogP contribution in [0.1, 0.15) is 18.4 Å². The zero-order chi connectivity index (χ0) is 16.7. The molecule has 1 aromatic carbocycles. The minimum Gasteiger partial charge on any atom is -0.345 e. The molecular weight excluding hydrogens is 330 g/mol. The first-order valence-corrected chi connectivity index (χ1v) is 7.93. The number of hydrogen-bond acceptors (Lipinski definition) is 4. The molecule has 1 aliphatic rings. The fourth-order valence-electron chi connectivity index (χ4n) is 2.81. The van der Waals surface area contributed by atoms with Gasteiger partial charge in [0.15, 0.2) is 5.65 Å². The average molecular weight is 344 g/mol. The molecule has 1 fully saturated rings. The van der Waals surface area contributed by atoms with Gasteiger partial charge < -0.3 is 5.32 Å². The van der Waals surface area contributed by atoms with Gasteiger partial charge in [-0.15, -0.1) is 5.10 Å². The molecule has 0 bridgehead atoms. The smallest absolute Gasteiger partial charge is 0.345 e. The lowest BCUT2D eigenvalue weighted by atomic mass is 10.1. The van der Waals surface area contributed by atoms with Gasteiger partial charge in [0.05, 0.1) is 5.54 Å². The second-order valence-electron chi connectivity index (χ2n) is 5.87. The standard InChI is InChI=1S/C16H14ClN5O2/c17-12-4-1-3-11(9-12)16(6-7-16)19-14(23)10-21-15(24)22-13(20-21)5-2-8-18-22/h1-5,8-9H,6-7,10H2,(H,19,23). The average Bonchev–Trinajstić information content (AvgIpc) is 3.28. The minimum absolute atomic E-state index is 0.148. The summed E-state index contributed by atoms with van der Waals surface area (Å²) in [5, 5.41) is 11.7. The maximum Gasteiger partial charge on any atom is 0.367 e. The van der Waals surface area contributed by atoms with Gasteiger partial charge >= 0.3 is 5.69 Å². The zero-order valence-electron chi connectivity index (χ0n) is 12.6. The molecule has 0 unspecified atom stereocenters. The van der Waals surface area contributed by atoms with Crippen molar-refractivity contribution in [3.8, 4) is 0 Å². The summed E-state index contributed by atoms with van der Waals surface area (Å²) < 4.78 is 2.28. The van der Waals surface area contributed by atoms with E-state index < -0.39 is 5.69 Å². The molecule has 2 heterocycles. The van der Waals surface area contributed by atoms with Gasteiger partial charge in [0, 0.05) is 11.2 Å². The number of carbonyl (C=O) groups excluding carboxylic acids is 1. The van der Waals surface area contributed by atoms with E-state index in [0.717, 1.165) is 27.6 Å². The molecule has 1 aliphatic carbocycles. The van der Waals surface area contributed by atoms with Crippen LogP contribution in [0.2, 0.25) is 5.02 Å². The lowest BCUT2D eigenvalue weighted by Crippen LogP contribution is -2.39. The largest absolute Gasteiger partial charge is 0.367 e. The first-order valence-electron chi connectivity index (χ1n) is 7.55. The second-order valence-corrected chi connectivity index (χ2v) is 6.31. The fraction of sp³-hybridized carbons (Fsp3) is 0.250. The Morgan fingerprint density at radius 2 is 2.12 bits per heavy atom. The Bertz CT molecular complexity index is 989. The van der Waals surface area contributed by atoms with E-state index in [2.05, 4.69) is 15.5 Å². The van der Waals surface area contributed by atoms with E-state index >= 15 is 0 Å². The minimum atomic E-state index is -0.437. The highest BCUT2D eigenvalue weighted by Gasteiger charge is 2.45. The predicted octanol–water partition coefficient (Wildman–Crippen LogP) is 1.35. The maximum atomic E-state index is 12.4. The SMILES string of the molecule is O=C(Cn1nc2cccnn2c1=O)NC1(c2cccc(Cl)c2)CC1. The molecule has 2 aromatic heterocycles. The number of fused-ring (bicyclic) bond motifs is 1. The number of carbonyl (C=O) groups is 1. The summed E-state index contributed by atoms with van der Waals surface area (Å²) in [6.07, 6.45) is 3.19. The van der Waals surface area contributed by atoms with Crippen LogP contribution in [-0.2, 0) is 16.9 Å². The number of halogens is 1. The maximum absolute atomic E-state index is 12.4. The van der Waals surface area contributed by atoms with E-state index in [9.17, 15) is 9.59 Å². The molecule has 1 N–H and O–H groups in total. The van der Waals surface area contributed by atoms with Gasteiger partial charge in [-0.25, -0.2) is 9.48 Å². The van der Waals surface area contributed by atoms with Crippen LogP contribution in [0.15, 0.2) is 47.4 Å². The summed E-state index contributed by atoms with van der Waals surface area (Å²) in [5.41, 5.74) is 0.565. The zero-order valence-corrected chi connectivity index (χ0v) is 13.4. The first kappa shape index (κ1) is 14.9. The van der Waals surface area contributed by atoms with Gasteiger partial charge in [-0.1, -0.05) is 23.7 Å². The van der Waals surface area contributed by atoms with Crippen LogP contribution in [0.4, 0.5) is 0 Å². The molecule has 1 amide bonds. The highest BCUT2D eigenvalue weighted by Crippen LogP contribution is 2.45. The Kier molecular flexibility index (Phi) is 3.38. The van der Waals surface area contributed by atoms with Crippen molar-refractivity contribution in [1.82, 2.24) is 24.7 Å². The molecule has 0 radical (unpaired) electrons. The quantitative estimate of drug-likeness (QED) is 0.775. The van der Waals surface area contributed by atoms with Gasteiger partial charge in [0.25, 0.3) is 0 Å². The first-order chi connectivity index (χ1) is 11.6. The van der Waals surface area contributed by atoms with Crippen LogP contribution in [-0.4, -0.2) is 25.3 Å². The Labute approximate surface area is 141 Å². The number of nitrogens with zero attached hydrogens (tertiary/aromatic N) is 4. The summed E-state index contributed by atoms with van der Waals surface area (Å²) in [6, 6.07) is 10.8. The van der Waals surface area contributed by atoms with Crippen LogP contribution in [0.5, 0.6) is 0 Å². The fourth-order valence-corrected chi connectivity index (χ4v) is 3.00. The molecule has 24 heavy (non-hydrogen) atoms. The lowest BCUT2D eigenvalue weighted by Gasteiger charge is -2.18. The highest BCUT2D eigenvalue weighted by molar-refractivity contribution is 6.30. The van der Waals surface area contributed by atoms with Crippen molar-refractivity contribution in [3.05, 3.63) is 63.7 Å². The van der Waals surface area contributed by atoms with Crippen molar-refractivity contribution in [2.45, 2.75) is 24.9 Å². The number of amides is 1. The summed E-state index contributed by atoms with van der Waals surface area (Å²) in [4.78, 5) is 24.5. The van der Waals surface area contributed by atoms with Crippen LogP contribution >= 0.6 is 11.6 Å². The summed E-state index contributed by atoms with van der Waals surface area (Å²) in [7, 11) is 0. The molecule has 0 aliphatic heterocycles. The monoisotopic (exact) mass is 343 g/mol. The van der Waals surface area contributed by atoms with Crippen molar-refractivity contribution >= 4 is 23.2 Å². The van der Waals surface area contributed by atoms with E-state index in [1.165, 1.54) is 6.20 Å². The molecule has 8 heteroatoms. The predicted molar refractivity (Wildman–Crippen MR) is 87.8 cm³/mol. The number of rotatable bonds is 4. The molecule has 0 atom stereocenters. The summed E-state index contributed by atoms with van der Waals surface area (Å²) in [6.45, 7) is -0.148. The van der Waals surface area contributed by atoms with E-state index in [1.54, 1.807) is 18.2 Å². The van der Waals surface area contributed by atoms with Crippen molar-refractivity contribution in [3.63, 3.8) is 0 Å². The van der Waals surface area contributed by atoms with Crippen molar-refractivity contribution in [2.75, 3.05) is 0 Å². The number of nitrogens with one attached hydrogen (secondary N) is 1. The molecule has 122 valence electrons. The summed E-state index contributed by atoms with van der Waals surface area (Å²) in [5.74, 6) is -0.266. The van der Waals surface area contributed by atoms with E-state index in [0.29, 0.717) is 10.7 Å². The molecular formula is C16H14ClN5O2. The van der Waals surface area contributed by atoms with E-state index in [1.807, 2.05) is 18.2 Å². The number of benzene rings is 1. The molecule has 7 nitrogen and oxygen atoms in total. The normalized spacial score (nSPS) is 15.4. The number of hydrogen-bond donors (Lipinski definition) is 1. The van der Waals surface area contributed by atoms with Gasteiger partial charge in [-0.05, 0) is 42.7 Å². The van der Waals surface area contributed by atoms with Crippen LogP contribution in [0.25, 0.3) is 5.65 Å². The van der Waals surface area contributed by atoms with Gasteiger partial charge in [-0.3, -0.25) is 4.79 Å². The van der Waals surface area contributed by atoms with E-state index in [4.69, 9.17) is 11.6 Å². The van der Waals surface area contributed by atoms with Gasteiger partial charge in [0.2, 0.25) is 5.91 Å². The molecule has 4 rings (SSSR count). The second kappa shape index (κ2) is 5.45. The third-order valence-electron chi connectivity index (χ3n) is 4.15. The third kappa shape index (κ3) is 2.56. The Morgan fingerprint density at radius 3 is 2.83 bits per heavy atom. The molecule has 3 aromatic rings. The Hall–Kier alpha value is -2.67. The number of aromatic nitrogens is 4. The molecule has 0 spiro atoms. The van der Waals surface area contributed by atoms with Crippen LogP contribution in [0, 0.1) is 0 Å². The third-order valence-corrected chi connectivity index (χ3v) is 4.39.